The molecule has 1 heterocycles. The first-order chi connectivity index (χ1) is 12.6. The number of ether oxygens (including phenoxy) is 1. The summed E-state index contributed by atoms with van der Waals surface area (Å²) in [5.74, 6) is 0.513. The summed E-state index contributed by atoms with van der Waals surface area (Å²) in [4.78, 5) is 26.0. The average Bonchev–Trinajstić information content (AvgIpc) is 2.67. The maximum atomic E-state index is 13.1. The molecular formula is C19H27N3O4. The molecule has 26 heavy (non-hydrogen) atoms. The van der Waals surface area contributed by atoms with Crippen molar-refractivity contribution >= 4 is 17.3 Å². The Morgan fingerprint density at radius 2 is 2.08 bits per heavy atom. The summed E-state index contributed by atoms with van der Waals surface area (Å²) >= 11 is 0. The molecule has 0 bridgehead atoms. The molecule has 3 rings (SSSR count). The number of rotatable bonds is 6. The number of nitrogens with one attached hydrogen (secondary N) is 1. The fraction of sp³-hybridized carbons (Fsp3) is 0.632. The van der Waals surface area contributed by atoms with E-state index >= 15 is 0 Å². The highest BCUT2D eigenvalue weighted by molar-refractivity contribution is 5.96. The van der Waals surface area contributed by atoms with E-state index in [1.165, 1.54) is 25.3 Å². The molecule has 7 nitrogen and oxygen atoms in total. The average molecular weight is 361 g/mol. The number of likely N-dealkylation sites (tertiary alicyclic amines) is 1. The van der Waals surface area contributed by atoms with Gasteiger partial charge in [-0.15, -0.1) is 0 Å². The highest BCUT2D eigenvalue weighted by Crippen LogP contribution is 2.36. The molecule has 2 fully saturated rings. The number of hydrogen-bond acceptors (Lipinski definition) is 5. The summed E-state index contributed by atoms with van der Waals surface area (Å²) in [6, 6.07) is 5.02. The van der Waals surface area contributed by atoms with Gasteiger partial charge in [0, 0.05) is 37.9 Å². The maximum Gasteiger partial charge on any atom is 0.293 e. The second-order valence-electron chi connectivity index (χ2n) is 7.16. The molecular weight excluding hydrogens is 334 g/mol. The third-order valence-corrected chi connectivity index (χ3v) is 5.57. The number of methoxy groups -OCH3 is 1. The van der Waals surface area contributed by atoms with Crippen molar-refractivity contribution in [2.24, 2.45) is 5.92 Å². The molecule has 1 aromatic rings. The molecule has 7 heteroatoms. The van der Waals surface area contributed by atoms with E-state index in [0.29, 0.717) is 36.4 Å². The van der Waals surface area contributed by atoms with Crippen LogP contribution in [-0.4, -0.2) is 48.6 Å². The Morgan fingerprint density at radius 1 is 1.31 bits per heavy atom. The number of nitro groups is 1. The van der Waals surface area contributed by atoms with Crippen LogP contribution in [0.15, 0.2) is 18.2 Å². The molecule has 1 aliphatic carbocycles. The normalized spacial score (nSPS) is 22.6. The van der Waals surface area contributed by atoms with Gasteiger partial charge in [-0.05, 0) is 43.7 Å². The quantitative estimate of drug-likeness (QED) is 0.476. The van der Waals surface area contributed by atoms with E-state index in [1.807, 2.05) is 4.90 Å². The van der Waals surface area contributed by atoms with E-state index in [-0.39, 0.29) is 11.6 Å². The number of piperidine rings is 1. The predicted octanol–water partition coefficient (Wildman–Crippen LogP) is 3.45. The van der Waals surface area contributed by atoms with Gasteiger partial charge in [-0.25, -0.2) is 0 Å². The standard InChI is InChI=1S/C19H27N3O4/c1-26-12-10-20-16-9-8-15(13-18(16)22(24)25)19(23)21-11-4-6-14-5-2-3-7-17(14)21/h8-9,13-14,17,20H,2-7,10-12H2,1H3/t14-,17+/m1/s1. The smallest absolute Gasteiger partial charge is 0.293 e. The number of amides is 1. The lowest BCUT2D eigenvalue weighted by atomic mass is 9.78. The van der Waals surface area contributed by atoms with E-state index in [9.17, 15) is 14.9 Å². The van der Waals surface area contributed by atoms with E-state index in [0.717, 1.165) is 25.8 Å². The highest BCUT2D eigenvalue weighted by atomic mass is 16.6. The number of anilines is 1. The van der Waals surface area contributed by atoms with Crippen LogP contribution in [0.2, 0.25) is 0 Å². The summed E-state index contributed by atoms with van der Waals surface area (Å²) in [6.07, 6.45) is 6.86. The summed E-state index contributed by atoms with van der Waals surface area (Å²) in [6.45, 7) is 1.68. The summed E-state index contributed by atoms with van der Waals surface area (Å²) in [5.41, 5.74) is 0.752. The number of carbonyl (C=O) groups is 1. The largest absolute Gasteiger partial charge is 0.383 e. The minimum absolute atomic E-state index is 0.0656. The van der Waals surface area contributed by atoms with Crippen LogP contribution in [0.4, 0.5) is 11.4 Å². The van der Waals surface area contributed by atoms with Crippen molar-refractivity contribution in [1.82, 2.24) is 4.90 Å². The van der Waals surface area contributed by atoms with Crippen LogP contribution < -0.4 is 5.32 Å². The zero-order valence-electron chi connectivity index (χ0n) is 15.3. The van der Waals surface area contributed by atoms with Crippen molar-refractivity contribution in [1.29, 1.82) is 0 Å². The number of carbonyl (C=O) groups excluding carboxylic acids is 1. The van der Waals surface area contributed by atoms with Crippen molar-refractivity contribution in [3.05, 3.63) is 33.9 Å². The molecule has 142 valence electrons. The first-order valence-corrected chi connectivity index (χ1v) is 9.44. The van der Waals surface area contributed by atoms with Crippen LogP contribution in [0, 0.1) is 16.0 Å². The van der Waals surface area contributed by atoms with Crippen LogP contribution in [0.1, 0.15) is 48.9 Å². The molecule has 2 atom stereocenters. The van der Waals surface area contributed by atoms with E-state index in [4.69, 9.17) is 4.74 Å². The minimum atomic E-state index is -0.439. The van der Waals surface area contributed by atoms with Crippen LogP contribution in [-0.2, 0) is 4.74 Å². The third kappa shape index (κ3) is 3.98. The van der Waals surface area contributed by atoms with Crippen molar-refractivity contribution in [3.8, 4) is 0 Å². The van der Waals surface area contributed by atoms with Crippen LogP contribution >= 0.6 is 0 Å². The fourth-order valence-corrected chi connectivity index (χ4v) is 4.30. The summed E-state index contributed by atoms with van der Waals surface area (Å²) < 4.78 is 4.96. The Morgan fingerprint density at radius 3 is 2.85 bits per heavy atom. The molecule has 1 N–H and O–H groups in total. The zero-order chi connectivity index (χ0) is 18.5. The first kappa shape index (κ1) is 18.6. The number of hydrogen-bond donors (Lipinski definition) is 1. The Hall–Kier alpha value is -2.15. The van der Waals surface area contributed by atoms with E-state index in [1.54, 1.807) is 19.2 Å². The monoisotopic (exact) mass is 361 g/mol. The first-order valence-electron chi connectivity index (χ1n) is 9.44. The van der Waals surface area contributed by atoms with E-state index < -0.39 is 4.92 Å². The molecule has 2 aliphatic rings. The number of benzene rings is 1. The van der Waals surface area contributed by atoms with Crippen molar-refractivity contribution < 1.29 is 14.5 Å². The summed E-state index contributed by atoms with van der Waals surface area (Å²) in [7, 11) is 1.58. The van der Waals surface area contributed by atoms with E-state index in [2.05, 4.69) is 5.32 Å². The molecule has 0 aromatic heterocycles. The lowest BCUT2D eigenvalue weighted by Gasteiger charge is -2.44. The number of nitro benzene ring substituents is 1. The SMILES string of the molecule is COCCNc1ccc(C(=O)N2CCC[C@H]3CCCC[C@@H]32)cc1[N+](=O)[O-]. The second-order valence-corrected chi connectivity index (χ2v) is 7.16. The number of nitrogens with zero attached hydrogens (tertiary/aromatic N) is 2. The predicted molar refractivity (Wildman–Crippen MR) is 99.5 cm³/mol. The van der Waals surface area contributed by atoms with Crippen molar-refractivity contribution in [3.63, 3.8) is 0 Å². The van der Waals surface area contributed by atoms with Gasteiger partial charge in [0.15, 0.2) is 0 Å². The van der Waals surface area contributed by atoms with Crippen LogP contribution in [0.3, 0.4) is 0 Å². The van der Waals surface area contributed by atoms with Gasteiger partial charge in [0.1, 0.15) is 5.69 Å². The molecule has 0 unspecified atom stereocenters. The third-order valence-electron chi connectivity index (χ3n) is 5.57. The van der Waals surface area contributed by atoms with Gasteiger partial charge in [-0.2, -0.15) is 0 Å². The molecule has 0 spiro atoms. The second kappa shape index (κ2) is 8.49. The fourth-order valence-electron chi connectivity index (χ4n) is 4.30. The highest BCUT2D eigenvalue weighted by Gasteiger charge is 2.36. The van der Waals surface area contributed by atoms with Crippen molar-refractivity contribution in [2.75, 3.05) is 32.1 Å². The van der Waals surface area contributed by atoms with Gasteiger partial charge >= 0.3 is 0 Å². The van der Waals surface area contributed by atoms with Gasteiger partial charge < -0.3 is 15.0 Å². The van der Waals surface area contributed by atoms with Crippen LogP contribution in [0.25, 0.3) is 0 Å². The van der Waals surface area contributed by atoms with Crippen LogP contribution in [0.5, 0.6) is 0 Å². The van der Waals surface area contributed by atoms with Crippen molar-refractivity contribution in [2.45, 2.75) is 44.6 Å². The topological polar surface area (TPSA) is 84.7 Å². The lowest BCUT2D eigenvalue weighted by molar-refractivity contribution is -0.384. The number of fused-ring (bicyclic) bond motifs is 1. The molecule has 1 saturated carbocycles. The Bertz CT molecular complexity index is 662. The van der Waals surface area contributed by atoms with Gasteiger partial charge in [0.25, 0.3) is 11.6 Å². The molecule has 1 aromatic carbocycles. The minimum Gasteiger partial charge on any atom is -0.383 e. The molecule has 1 saturated heterocycles. The molecule has 1 aliphatic heterocycles. The lowest BCUT2D eigenvalue weighted by Crippen LogP contribution is -2.49. The molecule has 0 radical (unpaired) electrons. The van der Waals surface area contributed by atoms with Gasteiger partial charge in [0.2, 0.25) is 0 Å². The summed E-state index contributed by atoms with van der Waals surface area (Å²) in [5, 5.41) is 14.4. The maximum absolute atomic E-state index is 13.1. The van der Waals surface area contributed by atoms with Gasteiger partial charge in [0.05, 0.1) is 11.5 Å². The van der Waals surface area contributed by atoms with Gasteiger partial charge in [-0.1, -0.05) is 12.8 Å². The Balaban J connectivity index is 1.80. The Labute approximate surface area is 153 Å². The Kier molecular flexibility index (Phi) is 6.08. The zero-order valence-corrected chi connectivity index (χ0v) is 15.3. The van der Waals surface area contributed by atoms with Gasteiger partial charge in [-0.3, -0.25) is 14.9 Å². The molecule has 1 amide bonds.